The smallest absolute Gasteiger partial charge is 0.410 e. The lowest BCUT2D eigenvalue weighted by Gasteiger charge is -2.39. The van der Waals surface area contributed by atoms with E-state index in [1.165, 1.54) is 0 Å². The number of aromatic nitrogens is 3. The van der Waals surface area contributed by atoms with E-state index in [1.54, 1.807) is 4.90 Å². The van der Waals surface area contributed by atoms with Crippen molar-refractivity contribution in [2.24, 2.45) is 7.05 Å². The Kier molecular flexibility index (Phi) is 8.69. The molecule has 2 aromatic heterocycles. The molecule has 0 radical (unpaired) electrons. The van der Waals surface area contributed by atoms with Crippen molar-refractivity contribution in [2.75, 3.05) is 13.1 Å². The second-order valence-corrected chi connectivity index (χ2v) is 12.8. The average Bonchev–Trinajstić information content (AvgIpc) is 3.38. The molecule has 0 unspecified atom stereocenters. The third-order valence-electron chi connectivity index (χ3n) is 8.17. The maximum Gasteiger partial charge on any atom is 0.410 e. The van der Waals surface area contributed by atoms with Gasteiger partial charge in [0.2, 0.25) is 11.8 Å². The number of hydrogen-bond donors (Lipinski definition) is 1. The summed E-state index contributed by atoms with van der Waals surface area (Å²) in [6.45, 7) is 7.10. The molecule has 1 fully saturated rings. The van der Waals surface area contributed by atoms with Gasteiger partial charge in [0.1, 0.15) is 24.5 Å². The highest BCUT2D eigenvalue weighted by Crippen LogP contribution is 2.39. The van der Waals surface area contributed by atoms with Gasteiger partial charge in [0.25, 0.3) is 0 Å². The molecule has 0 aliphatic carbocycles. The molecule has 0 spiro atoms. The van der Waals surface area contributed by atoms with Gasteiger partial charge in [-0.3, -0.25) is 4.68 Å². The molecule has 1 aliphatic heterocycles. The van der Waals surface area contributed by atoms with Crippen molar-refractivity contribution in [1.82, 2.24) is 19.7 Å². The number of likely N-dealkylation sites (tertiary alicyclic amines) is 1. The Balaban J connectivity index is 1.27. The molecular weight excluding hydrogens is 580 g/mol. The predicted octanol–water partition coefficient (Wildman–Crippen LogP) is 7.01. The summed E-state index contributed by atoms with van der Waals surface area (Å²) in [5.74, 6) is 0.879. The van der Waals surface area contributed by atoms with Crippen LogP contribution in [0.15, 0.2) is 91.0 Å². The lowest BCUT2D eigenvalue weighted by molar-refractivity contribution is -0.0355. The normalized spacial score (nSPS) is 14.7. The second-order valence-electron chi connectivity index (χ2n) is 12.8. The van der Waals surface area contributed by atoms with Crippen molar-refractivity contribution in [3.63, 3.8) is 0 Å². The van der Waals surface area contributed by atoms with Crippen molar-refractivity contribution in [3.8, 4) is 23.0 Å². The van der Waals surface area contributed by atoms with Gasteiger partial charge < -0.3 is 24.2 Å². The largest absolute Gasteiger partial charge is 0.473 e. The number of amides is 1. The summed E-state index contributed by atoms with van der Waals surface area (Å²) < 4.78 is 19.7. The fourth-order valence-corrected chi connectivity index (χ4v) is 5.67. The van der Waals surface area contributed by atoms with Crippen LogP contribution in [-0.4, -0.2) is 49.6 Å². The molecule has 6 rings (SSSR count). The number of fused-ring (bicyclic) bond motifs is 1. The zero-order valence-corrected chi connectivity index (χ0v) is 26.8. The van der Waals surface area contributed by atoms with Gasteiger partial charge in [0, 0.05) is 31.6 Å². The number of aryl methyl sites for hydroxylation is 1. The Morgan fingerprint density at radius 3 is 2.13 bits per heavy atom. The first-order valence-electron chi connectivity index (χ1n) is 15.6. The number of pyridine rings is 1. The van der Waals surface area contributed by atoms with Crippen molar-refractivity contribution in [1.29, 1.82) is 0 Å². The van der Waals surface area contributed by atoms with E-state index in [9.17, 15) is 9.90 Å². The van der Waals surface area contributed by atoms with Crippen LogP contribution in [0.4, 0.5) is 4.79 Å². The molecule has 0 bridgehead atoms. The molecule has 1 saturated heterocycles. The van der Waals surface area contributed by atoms with Crippen LogP contribution in [0.5, 0.6) is 11.8 Å². The molecular formula is C37H40N4O5. The summed E-state index contributed by atoms with van der Waals surface area (Å²) in [4.78, 5) is 19.0. The number of ether oxygens (including phenoxy) is 3. The van der Waals surface area contributed by atoms with Crippen LogP contribution in [0.1, 0.15) is 50.3 Å². The van der Waals surface area contributed by atoms with Crippen LogP contribution in [0, 0.1) is 0 Å². The lowest BCUT2D eigenvalue weighted by Crippen LogP contribution is -2.46. The first-order valence-corrected chi connectivity index (χ1v) is 15.6. The molecule has 9 nitrogen and oxygen atoms in total. The van der Waals surface area contributed by atoms with Crippen LogP contribution in [0.25, 0.3) is 22.2 Å². The van der Waals surface area contributed by atoms with Gasteiger partial charge in [0.05, 0.1) is 16.7 Å². The number of carbonyl (C=O) groups is 1. The Morgan fingerprint density at radius 2 is 1.50 bits per heavy atom. The lowest BCUT2D eigenvalue weighted by atomic mass is 9.84. The zero-order chi connectivity index (χ0) is 32.3. The number of hydrogen-bond acceptors (Lipinski definition) is 7. The summed E-state index contributed by atoms with van der Waals surface area (Å²) in [6, 6.07) is 29.6. The number of nitrogens with zero attached hydrogens (tertiary/aromatic N) is 4. The van der Waals surface area contributed by atoms with E-state index in [0.29, 0.717) is 50.9 Å². The Bertz CT molecular complexity index is 1810. The fourth-order valence-electron chi connectivity index (χ4n) is 5.67. The molecule has 9 heteroatoms. The van der Waals surface area contributed by atoms with Crippen molar-refractivity contribution < 1.29 is 24.1 Å². The van der Waals surface area contributed by atoms with Crippen molar-refractivity contribution >= 4 is 17.0 Å². The molecule has 5 aromatic rings. The summed E-state index contributed by atoms with van der Waals surface area (Å²) >= 11 is 0. The van der Waals surface area contributed by atoms with Crippen LogP contribution >= 0.6 is 0 Å². The molecule has 1 aliphatic rings. The highest BCUT2D eigenvalue weighted by atomic mass is 16.6. The van der Waals surface area contributed by atoms with E-state index in [-0.39, 0.29) is 6.09 Å². The van der Waals surface area contributed by atoms with E-state index in [1.807, 2.05) is 123 Å². The van der Waals surface area contributed by atoms with Gasteiger partial charge in [-0.2, -0.15) is 10.1 Å². The third-order valence-corrected chi connectivity index (χ3v) is 8.17. The van der Waals surface area contributed by atoms with Gasteiger partial charge >= 0.3 is 6.09 Å². The molecule has 0 atom stereocenters. The number of rotatable bonds is 8. The van der Waals surface area contributed by atoms with E-state index in [2.05, 4.69) is 0 Å². The van der Waals surface area contributed by atoms with E-state index in [0.717, 1.165) is 38.9 Å². The molecule has 1 N–H and O–H groups in total. The monoisotopic (exact) mass is 620 g/mol. The number of piperidine rings is 1. The SMILES string of the molecule is Cn1nc(-c2ccc(OCc3ccccc3)nc2OCc2ccccc2)c2ccc(C3(O)CCN(C(=O)OC(C)(C)C)CC3)cc21. The fraction of sp³-hybridized carbons (Fsp3) is 0.324. The predicted molar refractivity (Wildman–Crippen MR) is 176 cm³/mol. The van der Waals surface area contributed by atoms with Crippen LogP contribution in [0.3, 0.4) is 0 Å². The highest BCUT2D eigenvalue weighted by Gasteiger charge is 2.37. The van der Waals surface area contributed by atoms with Gasteiger partial charge in [0.15, 0.2) is 0 Å². The summed E-state index contributed by atoms with van der Waals surface area (Å²) in [5.41, 5.74) is 3.56. The average molecular weight is 621 g/mol. The minimum absolute atomic E-state index is 0.339. The molecule has 46 heavy (non-hydrogen) atoms. The van der Waals surface area contributed by atoms with Crippen LogP contribution in [-0.2, 0) is 30.6 Å². The minimum atomic E-state index is -1.07. The summed E-state index contributed by atoms with van der Waals surface area (Å²) in [7, 11) is 1.89. The zero-order valence-electron chi connectivity index (χ0n) is 26.8. The number of aliphatic hydroxyl groups is 1. The standard InChI is InChI=1S/C37H40N4O5/c1-36(2,3)46-35(42)41-21-19-37(43,20-22-41)28-15-16-29-31(23-28)40(4)39-33(29)30-17-18-32(44-24-26-11-7-5-8-12-26)38-34(30)45-25-27-13-9-6-10-14-27/h5-18,23,43H,19-22,24-25H2,1-4H3. The maximum absolute atomic E-state index is 12.6. The first-order chi connectivity index (χ1) is 22.1. The van der Waals surface area contributed by atoms with Gasteiger partial charge in [-0.05, 0) is 62.4 Å². The second kappa shape index (κ2) is 12.8. The van der Waals surface area contributed by atoms with Gasteiger partial charge in [-0.15, -0.1) is 0 Å². The van der Waals surface area contributed by atoms with E-state index < -0.39 is 11.2 Å². The van der Waals surface area contributed by atoms with E-state index in [4.69, 9.17) is 24.3 Å². The molecule has 3 aromatic carbocycles. The quantitative estimate of drug-likeness (QED) is 0.199. The Labute approximate surface area is 269 Å². The Morgan fingerprint density at radius 1 is 0.870 bits per heavy atom. The van der Waals surface area contributed by atoms with Gasteiger partial charge in [-0.25, -0.2) is 4.79 Å². The number of benzene rings is 3. The summed E-state index contributed by atoms with van der Waals surface area (Å²) in [6.07, 6.45) is 0.472. The number of carbonyl (C=O) groups excluding carboxylic acids is 1. The van der Waals surface area contributed by atoms with Crippen LogP contribution in [0.2, 0.25) is 0 Å². The maximum atomic E-state index is 12.6. The topological polar surface area (TPSA) is 98.9 Å². The van der Waals surface area contributed by atoms with Crippen molar-refractivity contribution in [3.05, 3.63) is 108 Å². The van der Waals surface area contributed by atoms with Gasteiger partial charge in [-0.1, -0.05) is 72.8 Å². The molecule has 1 amide bonds. The molecule has 3 heterocycles. The molecule has 238 valence electrons. The van der Waals surface area contributed by atoms with Crippen LogP contribution < -0.4 is 9.47 Å². The third kappa shape index (κ3) is 7.00. The summed E-state index contributed by atoms with van der Waals surface area (Å²) in [5, 5.41) is 17.5. The first kappa shape index (κ1) is 31.1. The molecule has 0 saturated carbocycles. The highest BCUT2D eigenvalue weighted by molar-refractivity contribution is 5.95. The van der Waals surface area contributed by atoms with Crippen molar-refractivity contribution in [2.45, 2.75) is 58.0 Å². The minimum Gasteiger partial charge on any atom is -0.473 e. The Hall–Kier alpha value is -4.89. The van der Waals surface area contributed by atoms with E-state index >= 15 is 0 Å².